The standard InChI is InChI=1S/C23H29N3O/c1-4-6-15-26(14-5-2)19-12-10-18(11-13-19)24-16-20-22-17(3)8-7-9-21(22)25-23(20)27/h7-13,16,24H,4-6,14-15H2,1-3H3,(H,25,27). The van der Waals surface area contributed by atoms with Gasteiger partial charge in [-0.2, -0.15) is 0 Å². The van der Waals surface area contributed by atoms with Crippen molar-refractivity contribution in [3.05, 3.63) is 59.8 Å². The summed E-state index contributed by atoms with van der Waals surface area (Å²) in [6.07, 6.45) is 5.37. The van der Waals surface area contributed by atoms with E-state index >= 15 is 0 Å². The van der Waals surface area contributed by atoms with Crippen LogP contribution in [0.5, 0.6) is 0 Å². The van der Waals surface area contributed by atoms with E-state index in [9.17, 15) is 4.79 Å². The molecule has 4 nitrogen and oxygen atoms in total. The molecule has 2 aromatic carbocycles. The van der Waals surface area contributed by atoms with Crippen molar-refractivity contribution < 1.29 is 4.79 Å². The lowest BCUT2D eigenvalue weighted by Crippen LogP contribution is -2.25. The van der Waals surface area contributed by atoms with Gasteiger partial charge in [0.15, 0.2) is 0 Å². The summed E-state index contributed by atoms with van der Waals surface area (Å²) in [7, 11) is 0. The molecule has 1 amide bonds. The maximum atomic E-state index is 12.3. The minimum absolute atomic E-state index is 0.0582. The maximum Gasteiger partial charge on any atom is 0.257 e. The third-order valence-corrected chi connectivity index (χ3v) is 4.93. The minimum Gasteiger partial charge on any atom is -0.372 e. The quantitative estimate of drug-likeness (QED) is 0.616. The number of nitrogens with zero attached hydrogens (tertiary/aromatic N) is 1. The Labute approximate surface area is 162 Å². The van der Waals surface area contributed by atoms with E-state index in [0.29, 0.717) is 5.57 Å². The summed E-state index contributed by atoms with van der Waals surface area (Å²) in [5, 5.41) is 6.21. The zero-order valence-corrected chi connectivity index (χ0v) is 16.5. The van der Waals surface area contributed by atoms with Gasteiger partial charge >= 0.3 is 0 Å². The first kappa shape index (κ1) is 19.0. The van der Waals surface area contributed by atoms with Crippen molar-refractivity contribution in [2.75, 3.05) is 28.6 Å². The largest absolute Gasteiger partial charge is 0.372 e. The molecule has 0 fully saturated rings. The lowest BCUT2D eigenvalue weighted by molar-refractivity contribution is -0.110. The highest BCUT2D eigenvalue weighted by Crippen LogP contribution is 2.34. The zero-order valence-electron chi connectivity index (χ0n) is 16.5. The van der Waals surface area contributed by atoms with Crippen molar-refractivity contribution in [2.45, 2.75) is 40.0 Å². The van der Waals surface area contributed by atoms with Crippen LogP contribution in [0.15, 0.2) is 48.7 Å². The van der Waals surface area contributed by atoms with Gasteiger partial charge in [0.05, 0.1) is 5.57 Å². The van der Waals surface area contributed by atoms with Gasteiger partial charge in [0.1, 0.15) is 0 Å². The van der Waals surface area contributed by atoms with Gasteiger partial charge in [-0.15, -0.1) is 0 Å². The van der Waals surface area contributed by atoms with E-state index in [1.165, 1.54) is 18.5 Å². The molecule has 2 aromatic rings. The second-order valence-electron chi connectivity index (χ2n) is 7.04. The first-order valence-electron chi connectivity index (χ1n) is 9.87. The molecule has 142 valence electrons. The van der Waals surface area contributed by atoms with E-state index in [1.807, 2.05) is 31.3 Å². The average molecular weight is 364 g/mol. The van der Waals surface area contributed by atoms with Crippen LogP contribution in [0.2, 0.25) is 0 Å². The van der Waals surface area contributed by atoms with Crippen molar-refractivity contribution in [3.8, 4) is 0 Å². The summed E-state index contributed by atoms with van der Waals surface area (Å²) in [4.78, 5) is 14.7. The Morgan fingerprint density at radius 1 is 1.04 bits per heavy atom. The highest BCUT2D eigenvalue weighted by molar-refractivity contribution is 6.32. The van der Waals surface area contributed by atoms with Gasteiger partial charge in [-0.05, 0) is 55.7 Å². The first-order chi connectivity index (χ1) is 13.1. The Hall–Kier alpha value is -2.75. The number of rotatable bonds is 8. The Morgan fingerprint density at radius 2 is 1.81 bits per heavy atom. The molecule has 1 heterocycles. The van der Waals surface area contributed by atoms with Gasteiger partial charge in [-0.1, -0.05) is 32.4 Å². The molecule has 0 aromatic heterocycles. The lowest BCUT2D eigenvalue weighted by Gasteiger charge is -2.24. The van der Waals surface area contributed by atoms with E-state index < -0.39 is 0 Å². The van der Waals surface area contributed by atoms with Crippen LogP contribution in [0.4, 0.5) is 17.1 Å². The molecule has 0 unspecified atom stereocenters. The van der Waals surface area contributed by atoms with Crippen LogP contribution in [-0.2, 0) is 4.79 Å². The maximum absolute atomic E-state index is 12.3. The number of nitrogens with one attached hydrogen (secondary N) is 2. The molecule has 0 bridgehead atoms. The monoisotopic (exact) mass is 363 g/mol. The summed E-state index contributed by atoms with van der Waals surface area (Å²) < 4.78 is 0. The fourth-order valence-corrected chi connectivity index (χ4v) is 3.48. The number of unbranched alkanes of at least 4 members (excludes halogenated alkanes) is 1. The van der Waals surface area contributed by atoms with E-state index in [-0.39, 0.29) is 5.91 Å². The lowest BCUT2D eigenvalue weighted by atomic mass is 10.0. The smallest absolute Gasteiger partial charge is 0.257 e. The molecule has 2 N–H and O–H groups in total. The van der Waals surface area contributed by atoms with E-state index in [2.05, 4.69) is 53.6 Å². The van der Waals surface area contributed by atoms with Crippen molar-refractivity contribution in [2.24, 2.45) is 0 Å². The third-order valence-electron chi connectivity index (χ3n) is 4.93. The second kappa shape index (κ2) is 8.76. The number of carbonyl (C=O) groups excluding carboxylic acids is 1. The average Bonchev–Trinajstić information content (AvgIpc) is 3.00. The molecule has 3 rings (SSSR count). The van der Waals surface area contributed by atoms with E-state index in [4.69, 9.17) is 0 Å². The van der Waals surface area contributed by atoms with Crippen molar-refractivity contribution >= 4 is 28.5 Å². The van der Waals surface area contributed by atoms with Crippen molar-refractivity contribution in [1.82, 2.24) is 0 Å². The molecule has 1 aliphatic heterocycles. The van der Waals surface area contributed by atoms with Gasteiger partial charge in [0.2, 0.25) is 0 Å². The molecule has 27 heavy (non-hydrogen) atoms. The molecule has 0 radical (unpaired) electrons. The summed E-state index contributed by atoms with van der Waals surface area (Å²) in [6, 6.07) is 14.4. The van der Waals surface area contributed by atoms with Crippen LogP contribution >= 0.6 is 0 Å². The Balaban J connectivity index is 1.74. The number of carbonyl (C=O) groups is 1. The summed E-state index contributed by atoms with van der Waals surface area (Å²) >= 11 is 0. The second-order valence-corrected chi connectivity index (χ2v) is 7.04. The number of fused-ring (bicyclic) bond motifs is 1. The summed E-state index contributed by atoms with van der Waals surface area (Å²) in [5.74, 6) is -0.0582. The van der Waals surface area contributed by atoms with E-state index in [0.717, 1.165) is 42.0 Å². The predicted molar refractivity (Wildman–Crippen MR) is 115 cm³/mol. The van der Waals surface area contributed by atoms with Crippen LogP contribution in [0.25, 0.3) is 5.57 Å². The van der Waals surface area contributed by atoms with E-state index in [1.54, 1.807) is 0 Å². The van der Waals surface area contributed by atoms with Crippen LogP contribution in [0, 0.1) is 6.92 Å². The molecule has 0 atom stereocenters. The summed E-state index contributed by atoms with van der Waals surface area (Å²) in [5.41, 5.74) is 5.88. The highest BCUT2D eigenvalue weighted by Gasteiger charge is 2.25. The zero-order chi connectivity index (χ0) is 19.2. The number of hydrogen-bond donors (Lipinski definition) is 2. The fourth-order valence-electron chi connectivity index (χ4n) is 3.48. The number of hydrogen-bond acceptors (Lipinski definition) is 3. The Morgan fingerprint density at radius 3 is 2.52 bits per heavy atom. The van der Waals surface area contributed by atoms with Crippen LogP contribution in [-0.4, -0.2) is 19.0 Å². The SMILES string of the molecule is CCCCN(CCC)c1ccc(NC=C2C(=O)Nc3cccc(C)c32)cc1. The summed E-state index contributed by atoms with van der Waals surface area (Å²) in [6.45, 7) is 8.64. The minimum atomic E-state index is -0.0582. The molecular formula is C23H29N3O. The molecule has 0 aliphatic carbocycles. The Bertz CT molecular complexity index is 824. The van der Waals surface area contributed by atoms with Crippen molar-refractivity contribution in [1.29, 1.82) is 0 Å². The predicted octanol–water partition coefficient (Wildman–Crippen LogP) is 5.42. The number of benzene rings is 2. The number of aryl methyl sites for hydroxylation is 1. The van der Waals surface area contributed by atoms with Crippen molar-refractivity contribution in [3.63, 3.8) is 0 Å². The third kappa shape index (κ3) is 4.33. The topological polar surface area (TPSA) is 44.4 Å². The Kier molecular flexibility index (Phi) is 6.17. The van der Waals surface area contributed by atoms with Gasteiger partial charge in [-0.3, -0.25) is 4.79 Å². The van der Waals surface area contributed by atoms with Gasteiger partial charge in [0.25, 0.3) is 5.91 Å². The van der Waals surface area contributed by atoms with Gasteiger partial charge in [-0.25, -0.2) is 0 Å². The molecule has 1 aliphatic rings. The number of amides is 1. The molecule has 4 heteroatoms. The molecule has 0 saturated carbocycles. The first-order valence-corrected chi connectivity index (χ1v) is 9.87. The molecule has 0 saturated heterocycles. The highest BCUT2D eigenvalue weighted by atomic mass is 16.2. The van der Waals surface area contributed by atoms with Crippen LogP contribution < -0.4 is 15.5 Å². The molecular weight excluding hydrogens is 334 g/mol. The van der Waals surface area contributed by atoms with Gasteiger partial charge < -0.3 is 15.5 Å². The number of anilines is 3. The van der Waals surface area contributed by atoms with Crippen LogP contribution in [0.3, 0.4) is 0 Å². The normalized spacial score (nSPS) is 14.2. The van der Waals surface area contributed by atoms with Gasteiger partial charge in [0, 0.05) is 41.9 Å². The van der Waals surface area contributed by atoms with Crippen LogP contribution in [0.1, 0.15) is 44.2 Å². The fraction of sp³-hybridized carbons (Fsp3) is 0.348. The molecule has 0 spiro atoms.